The van der Waals surface area contributed by atoms with Gasteiger partial charge in [0.25, 0.3) is 10.0 Å². The topological polar surface area (TPSA) is 86.8 Å². The summed E-state index contributed by atoms with van der Waals surface area (Å²) < 4.78 is 29.1. The first-order chi connectivity index (χ1) is 19.0. The van der Waals surface area contributed by atoms with Crippen molar-refractivity contribution in [1.29, 1.82) is 0 Å². The van der Waals surface area contributed by atoms with E-state index in [1.54, 1.807) is 54.6 Å². The fraction of sp³-hybridized carbons (Fsp3) is 0.355. The zero-order chi connectivity index (χ0) is 29.4. The molecule has 0 aliphatic carbocycles. The van der Waals surface area contributed by atoms with E-state index in [2.05, 4.69) is 5.32 Å². The Morgan fingerprint density at radius 1 is 0.900 bits per heavy atom. The number of amides is 2. The van der Waals surface area contributed by atoms with E-state index in [1.807, 2.05) is 40.7 Å². The summed E-state index contributed by atoms with van der Waals surface area (Å²) in [5.41, 5.74) is 2.84. The molecule has 3 aromatic carbocycles. The van der Waals surface area contributed by atoms with E-state index in [0.717, 1.165) is 27.4 Å². The van der Waals surface area contributed by atoms with Gasteiger partial charge in [0.2, 0.25) is 11.8 Å². The Labute approximate surface area is 243 Å². The number of benzene rings is 3. The average Bonchev–Trinajstić information content (AvgIpc) is 2.94. The van der Waals surface area contributed by atoms with Gasteiger partial charge >= 0.3 is 0 Å². The molecule has 0 saturated heterocycles. The smallest absolute Gasteiger partial charge is 0.264 e. The Bertz CT molecular complexity index is 1410. The first kappa shape index (κ1) is 31.2. The van der Waals surface area contributed by atoms with Gasteiger partial charge in [-0.2, -0.15) is 0 Å². The average molecular weight is 584 g/mol. The molecule has 3 rings (SSSR count). The molecule has 0 aromatic heterocycles. The second kappa shape index (κ2) is 13.8. The van der Waals surface area contributed by atoms with Crippen LogP contribution in [0, 0.1) is 13.8 Å². The van der Waals surface area contributed by atoms with E-state index < -0.39 is 28.5 Å². The summed E-state index contributed by atoms with van der Waals surface area (Å²) in [5, 5.41) is 3.54. The van der Waals surface area contributed by atoms with Crippen LogP contribution < -0.4 is 9.62 Å². The number of rotatable bonds is 12. The molecule has 2 amide bonds. The lowest BCUT2D eigenvalue weighted by atomic mass is 10.1. The minimum atomic E-state index is -4.11. The number of aryl methyl sites for hydroxylation is 1. The maximum Gasteiger partial charge on any atom is 0.264 e. The minimum Gasteiger partial charge on any atom is -0.352 e. The van der Waals surface area contributed by atoms with Gasteiger partial charge in [-0.1, -0.05) is 67.9 Å². The monoisotopic (exact) mass is 583 g/mol. The summed E-state index contributed by atoms with van der Waals surface area (Å²) in [7, 11) is -4.11. The van der Waals surface area contributed by atoms with Crippen molar-refractivity contribution in [2.24, 2.45) is 0 Å². The molecular formula is C31H38ClN3O4S. The maximum absolute atomic E-state index is 14.1. The molecule has 7 nitrogen and oxygen atoms in total. The quantitative estimate of drug-likeness (QED) is 0.289. The van der Waals surface area contributed by atoms with Gasteiger partial charge in [-0.05, 0) is 80.6 Å². The number of hydrogen-bond acceptors (Lipinski definition) is 4. The highest BCUT2D eigenvalue weighted by atomic mass is 35.5. The van der Waals surface area contributed by atoms with E-state index in [4.69, 9.17) is 11.6 Å². The molecule has 0 radical (unpaired) electrons. The van der Waals surface area contributed by atoms with Crippen molar-refractivity contribution in [3.8, 4) is 0 Å². The van der Waals surface area contributed by atoms with Gasteiger partial charge in [-0.25, -0.2) is 8.42 Å². The third-order valence-electron chi connectivity index (χ3n) is 7.11. The van der Waals surface area contributed by atoms with Crippen LogP contribution in [0.5, 0.6) is 0 Å². The first-order valence-corrected chi connectivity index (χ1v) is 15.3. The summed E-state index contributed by atoms with van der Waals surface area (Å²) in [5.74, 6) is -0.759. The molecule has 2 atom stereocenters. The van der Waals surface area contributed by atoms with Gasteiger partial charge in [0.1, 0.15) is 12.6 Å². The lowest BCUT2D eigenvalue weighted by Gasteiger charge is -2.34. The number of carbonyl (C=O) groups is 2. The van der Waals surface area contributed by atoms with E-state index in [1.165, 1.54) is 17.0 Å². The molecule has 0 saturated carbocycles. The molecule has 1 N–H and O–H groups in total. The molecule has 0 fully saturated rings. The molecule has 3 aromatic rings. The Morgan fingerprint density at radius 2 is 1.55 bits per heavy atom. The molecule has 0 spiro atoms. The predicted octanol–water partition coefficient (Wildman–Crippen LogP) is 5.87. The summed E-state index contributed by atoms with van der Waals surface area (Å²) >= 11 is 6.08. The van der Waals surface area contributed by atoms with Crippen molar-refractivity contribution < 1.29 is 18.0 Å². The fourth-order valence-electron chi connectivity index (χ4n) is 4.39. The Balaban J connectivity index is 2.08. The Morgan fingerprint density at radius 3 is 2.15 bits per heavy atom. The zero-order valence-corrected chi connectivity index (χ0v) is 25.3. The van der Waals surface area contributed by atoms with Crippen LogP contribution >= 0.6 is 11.6 Å². The molecule has 0 unspecified atom stereocenters. The van der Waals surface area contributed by atoms with E-state index >= 15 is 0 Å². The molecule has 0 heterocycles. The summed E-state index contributed by atoms with van der Waals surface area (Å²) in [6.07, 6.45) is 1.10. The van der Waals surface area contributed by atoms with Gasteiger partial charge in [0, 0.05) is 17.6 Å². The van der Waals surface area contributed by atoms with Crippen molar-refractivity contribution in [3.63, 3.8) is 0 Å². The highest BCUT2D eigenvalue weighted by Crippen LogP contribution is 2.29. The number of hydrogen-bond donors (Lipinski definition) is 1. The number of anilines is 1. The molecule has 0 bridgehead atoms. The maximum atomic E-state index is 14.1. The molecule has 0 aliphatic rings. The molecule has 0 aliphatic heterocycles. The summed E-state index contributed by atoms with van der Waals surface area (Å²) in [4.78, 5) is 29.0. The van der Waals surface area contributed by atoms with Gasteiger partial charge in [0.05, 0.1) is 10.6 Å². The molecule has 40 heavy (non-hydrogen) atoms. The van der Waals surface area contributed by atoms with Gasteiger partial charge in [-0.15, -0.1) is 0 Å². The van der Waals surface area contributed by atoms with Gasteiger partial charge in [-0.3, -0.25) is 13.9 Å². The highest BCUT2D eigenvalue weighted by molar-refractivity contribution is 7.92. The zero-order valence-electron chi connectivity index (χ0n) is 23.7. The summed E-state index contributed by atoms with van der Waals surface area (Å²) in [6.45, 7) is 9.10. The van der Waals surface area contributed by atoms with E-state index in [0.29, 0.717) is 17.1 Å². The largest absolute Gasteiger partial charge is 0.352 e. The third-order valence-corrected chi connectivity index (χ3v) is 9.13. The number of nitrogens with one attached hydrogen (secondary N) is 1. The third kappa shape index (κ3) is 7.43. The molecule has 214 valence electrons. The number of nitrogens with zero attached hydrogens (tertiary/aromatic N) is 2. The lowest BCUT2D eigenvalue weighted by molar-refractivity contribution is -0.140. The van der Waals surface area contributed by atoms with E-state index in [9.17, 15) is 18.0 Å². The van der Waals surface area contributed by atoms with Crippen LogP contribution in [0.25, 0.3) is 0 Å². The number of carbonyl (C=O) groups excluding carboxylic acids is 2. The minimum absolute atomic E-state index is 0.0704. The van der Waals surface area contributed by atoms with Crippen molar-refractivity contribution >= 4 is 39.1 Å². The fourth-order valence-corrected chi connectivity index (χ4v) is 6.00. The normalized spacial score (nSPS) is 12.8. The predicted molar refractivity (Wildman–Crippen MR) is 161 cm³/mol. The van der Waals surface area contributed by atoms with Gasteiger partial charge < -0.3 is 10.2 Å². The molecule has 9 heteroatoms. The van der Waals surface area contributed by atoms with Crippen LogP contribution in [0.1, 0.15) is 50.3 Å². The van der Waals surface area contributed by atoms with E-state index in [-0.39, 0.29) is 23.4 Å². The Hall–Kier alpha value is -3.36. The standard InChI is InChI=1S/C31H38ClN3O4S/c1-6-23(4)33-31(37)28(7-2)34(20-25-16-18-26(32)19-17-25)30(36)21-35(29-15-11-12-22(3)24(29)5)40(38,39)27-13-9-8-10-14-27/h8-19,23,28H,6-7,20-21H2,1-5H3,(H,33,37)/t23-,28+/m1/s1. The molecular weight excluding hydrogens is 546 g/mol. The summed E-state index contributed by atoms with van der Waals surface area (Å²) in [6, 6.07) is 19.6. The van der Waals surface area contributed by atoms with Crippen molar-refractivity contribution in [3.05, 3.63) is 94.5 Å². The number of halogens is 1. The first-order valence-electron chi connectivity index (χ1n) is 13.5. The Kier molecular flexibility index (Phi) is 10.8. The second-order valence-corrected chi connectivity index (χ2v) is 12.2. The van der Waals surface area contributed by atoms with Crippen LogP contribution in [0.3, 0.4) is 0 Å². The lowest BCUT2D eigenvalue weighted by Crippen LogP contribution is -2.53. The SMILES string of the molecule is CC[C@@H](C)NC(=O)[C@H](CC)N(Cc1ccc(Cl)cc1)C(=O)CN(c1cccc(C)c1C)S(=O)(=O)c1ccccc1. The number of sulfonamides is 1. The van der Waals surface area contributed by atoms with Crippen molar-refractivity contribution in [2.45, 2.75) is 71.0 Å². The van der Waals surface area contributed by atoms with Crippen molar-refractivity contribution in [2.75, 3.05) is 10.8 Å². The second-order valence-electron chi connectivity index (χ2n) is 9.93. The van der Waals surface area contributed by atoms with Crippen LogP contribution in [0.4, 0.5) is 5.69 Å². The van der Waals surface area contributed by atoms with Gasteiger partial charge in [0.15, 0.2) is 0 Å². The van der Waals surface area contributed by atoms with Crippen LogP contribution in [-0.2, 0) is 26.2 Å². The van der Waals surface area contributed by atoms with Crippen molar-refractivity contribution in [1.82, 2.24) is 10.2 Å². The van der Waals surface area contributed by atoms with Crippen LogP contribution in [0.2, 0.25) is 5.02 Å². The van der Waals surface area contributed by atoms with Crippen LogP contribution in [0.15, 0.2) is 77.7 Å². The van der Waals surface area contributed by atoms with Crippen LogP contribution in [-0.4, -0.2) is 43.8 Å². The highest BCUT2D eigenvalue weighted by Gasteiger charge is 2.34.